The minimum Gasteiger partial charge on any atom is -0.489 e. The first kappa shape index (κ1) is 21.8. The Bertz CT molecular complexity index is 1030. The van der Waals surface area contributed by atoms with E-state index >= 15 is 0 Å². The third kappa shape index (κ3) is 6.31. The van der Waals surface area contributed by atoms with Crippen LogP contribution in [0.25, 0.3) is 0 Å². The Kier molecular flexibility index (Phi) is 6.41. The van der Waals surface area contributed by atoms with E-state index in [1.807, 2.05) is 63.2 Å². The van der Waals surface area contributed by atoms with E-state index in [-0.39, 0.29) is 6.08 Å². The number of aromatic nitrogens is 2. The van der Waals surface area contributed by atoms with Gasteiger partial charge in [-0.05, 0) is 50.5 Å². The molecule has 0 radical (unpaired) electrons. The summed E-state index contributed by atoms with van der Waals surface area (Å²) in [5.74, 6) is 1.67. The topological polar surface area (TPSA) is 98.5 Å². The molecule has 168 valence electrons. The highest BCUT2D eigenvalue weighted by molar-refractivity contribution is 5.70. The number of rotatable bonds is 8. The summed E-state index contributed by atoms with van der Waals surface area (Å²) in [6.45, 7) is 6.54. The van der Waals surface area contributed by atoms with Gasteiger partial charge in [-0.2, -0.15) is 0 Å². The first-order chi connectivity index (χ1) is 15.4. The van der Waals surface area contributed by atoms with Gasteiger partial charge in [0.15, 0.2) is 0 Å². The smallest absolute Gasteiger partial charge is 0.423 e. The molecule has 1 aromatic heterocycles. The fraction of sp³-hybridized carbons (Fsp3) is 0.375. The molecule has 3 aromatic rings. The van der Waals surface area contributed by atoms with E-state index in [1.54, 1.807) is 0 Å². The van der Waals surface area contributed by atoms with Gasteiger partial charge < -0.3 is 24.5 Å². The summed E-state index contributed by atoms with van der Waals surface area (Å²) in [7, 11) is 0. The van der Waals surface area contributed by atoms with E-state index < -0.39 is 11.6 Å². The number of benzene rings is 2. The van der Waals surface area contributed by atoms with Gasteiger partial charge in [0.05, 0.1) is 6.54 Å². The maximum absolute atomic E-state index is 11.8. The molecule has 1 saturated carbocycles. The van der Waals surface area contributed by atoms with Crippen LogP contribution in [0.4, 0.5) is 4.79 Å². The molecule has 2 atom stereocenters. The number of ether oxygens (including phenoxy) is 2. The van der Waals surface area contributed by atoms with Crippen LogP contribution in [-0.2, 0) is 13.2 Å². The Labute approximate surface area is 187 Å². The lowest BCUT2D eigenvalue weighted by Gasteiger charge is -2.18. The average Bonchev–Trinajstić information content (AvgIpc) is 3.40. The first-order valence-corrected chi connectivity index (χ1v) is 10.7. The summed E-state index contributed by atoms with van der Waals surface area (Å²) in [5, 5.41) is 13.7. The number of carbonyl (C=O) groups excluding carboxylic acids is 1. The van der Waals surface area contributed by atoms with Crippen molar-refractivity contribution >= 4 is 6.09 Å². The molecule has 1 fully saturated rings. The zero-order valence-electron chi connectivity index (χ0n) is 18.5. The maximum atomic E-state index is 11.8. The second-order valence-electron chi connectivity index (χ2n) is 8.90. The van der Waals surface area contributed by atoms with Gasteiger partial charge in [0.1, 0.15) is 12.4 Å². The minimum atomic E-state index is -0.626. The quantitative estimate of drug-likeness (QED) is 0.546. The Morgan fingerprint density at radius 1 is 1.09 bits per heavy atom. The molecule has 0 bridgehead atoms. The highest BCUT2D eigenvalue weighted by Crippen LogP contribution is 2.41. The lowest BCUT2D eigenvalue weighted by Crippen LogP contribution is -2.42. The molecule has 1 heterocycles. The molecule has 0 aliphatic heterocycles. The van der Waals surface area contributed by atoms with Crippen LogP contribution in [-0.4, -0.2) is 27.9 Å². The van der Waals surface area contributed by atoms with E-state index in [9.17, 15) is 4.79 Å². The summed E-state index contributed by atoms with van der Waals surface area (Å²) < 4.78 is 16.2. The van der Waals surface area contributed by atoms with E-state index in [4.69, 9.17) is 13.9 Å². The van der Waals surface area contributed by atoms with Crippen molar-refractivity contribution in [2.75, 3.05) is 0 Å². The fourth-order valence-corrected chi connectivity index (χ4v) is 3.32. The van der Waals surface area contributed by atoms with Gasteiger partial charge in [0, 0.05) is 17.5 Å². The number of hydrogen-bond acceptors (Lipinski definition) is 7. The standard InChI is InChI=1S/C24H28N4O4/c1-24(2,3)26-22(29)32-23-28-27-21(31-23)14-25-20-13-19(20)17-9-11-18(12-10-17)30-15-16-7-5-4-6-8-16/h4-12,19-20,25H,13-15H2,1-3H3,(H,26,29). The van der Waals surface area contributed by atoms with Crippen LogP contribution in [0.2, 0.25) is 0 Å². The van der Waals surface area contributed by atoms with Crippen LogP contribution in [0, 0.1) is 0 Å². The Balaban J connectivity index is 1.20. The molecular formula is C24H28N4O4. The fourth-order valence-electron chi connectivity index (χ4n) is 3.32. The molecule has 2 N–H and O–H groups in total. The maximum Gasteiger partial charge on any atom is 0.423 e. The molecule has 4 rings (SSSR count). The first-order valence-electron chi connectivity index (χ1n) is 10.7. The van der Waals surface area contributed by atoms with Gasteiger partial charge in [0.25, 0.3) is 0 Å². The Morgan fingerprint density at radius 2 is 1.84 bits per heavy atom. The molecular weight excluding hydrogens is 408 g/mol. The Morgan fingerprint density at radius 3 is 2.56 bits per heavy atom. The van der Waals surface area contributed by atoms with Gasteiger partial charge in [-0.25, -0.2) is 4.79 Å². The third-order valence-electron chi connectivity index (χ3n) is 4.97. The van der Waals surface area contributed by atoms with Crippen LogP contribution in [0.5, 0.6) is 11.8 Å². The Hall–Kier alpha value is -3.39. The van der Waals surface area contributed by atoms with Crippen molar-refractivity contribution in [2.45, 2.75) is 57.8 Å². The lowest BCUT2D eigenvalue weighted by molar-refractivity contribution is 0.173. The normalized spacial score (nSPS) is 17.6. The van der Waals surface area contributed by atoms with Gasteiger partial charge in [0.2, 0.25) is 5.89 Å². The molecule has 8 heteroatoms. The molecule has 0 saturated heterocycles. The predicted molar refractivity (Wildman–Crippen MR) is 118 cm³/mol. The second-order valence-corrected chi connectivity index (χ2v) is 8.90. The highest BCUT2D eigenvalue weighted by Gasteiger charge is 2.38. The summed E-state index contributed by atoms with van der Waals surface area (Å²) >= 11 is 0. The van der Waals surface area contributed by atoms with Crippen LogP contribution in [0.15, 0.2) is 59.0 Å². The second kappa shape index (κ2) is 9.40. The van der Waals surface area contributed by atoms with Crippen molar-refractivity contribution in [3.8, 4) is 11.8 Å². The van der Waals surface area contributed by atoms with E-state index in [0.29, 0.717) is 31.0 Å². The van der Waals surface area contributed by atoms with Crippen molar-refractivity contribution in [1.82, 2.24) is 20.8 Å². The molecule has 0 spiro atoms. The number of amides is 1. The third-order valence-corrected chi connectivity index (χ3v) is 4.97. The van der Waals surface area contributed by atoms with Crippen molar-refractivity contribution in [3.05, 3.63) is 71.6 Å². The average molecular weight is 437 g/mol. The van der Waals surface area contributed by atoms with Gasteiger partial charge in [-0.3, -0.25) is 0 Å². The molecule has 2 unspecified atom stereocenters. The largest absolute Gasteiger partial charge is 0.489 e. The summed E-state index contributed by atoms with van der Waals surface area (Å²) in [4.78, 5) is 11.8. The van der Waals surface area contributed by atoms with Crippen molar-refractivity contribution in [2.24, 2.45) is 0 Å². The predicted octanol–water partition coefficient (Wildman–Crippen LogP) is 4.18. The summed E-state index contributed by atoms with van der Waals surface area (Å²) in [6.07, 6.45) is 0.247. The number of nitrogens with one attached hydrogen (secondary N) is 2. The van der Waals surface area contributed by atoms with Gasteiger partial charge in [-0.15, -0.1) is 5.10 Å². The zero-order chi connectivity index (χ0) is 22.6. The molecule has 1 aliphatic carbocycles. The van der Waals surface area contributed by atoms with Crippen LogP contribution >= 0.6 is 0 Å². The van der Waals surface area contributed by atoms with Crippen LogP contribution in [0.3, 0.4) is 0 Å². The van der Waals surface area contributed by atoms with Crippen molar-refractivity contribution < 1.29 is 18.7 Å². The number of nitrogens with zero attached hydrogens (tertiary/aromatic N) is 2. The summed E-state index contributed by atoms with van der Waals surface area (Å²) in [6, 6.07) is 18.7. The molecule has 32 heavy (non-hydrogen) atoms. The lowest BCUT2D eigenvalue weighted by atomic mass is 10.1. The van der Waals surface area contributed by atoms with Crippen LogP contribution in [0.1, 0.15) is 50.1 Å². The number of hydrogen-bond donors (Lipinski definition) is 2. The van der Waals surface area contributed by atoms with E-state index in [2.05, 4.69) is 33.0 Å². The van der Waals surface area contributed by atoms with Crippen molar-refractivity contribution in [1.29, 1.82) is 0 Å². The molecule has 1 amide bonds. The highest BCUT2D eigenvalue weighted by atomic mass is 16.6. The molecule has 1 aliphatic rings. The van der Waals surface area contributed by atoms with Gasteiger partial charge >= 0.3 is 12.2 Å². The van der Waals surface area contributed by atoms with E-state index in [1.165, 1.54) is 5.56 Å². The van der Waals surface area contributed by atoms with Crippen LogP contribution < -0.4 is 20.1 Å². The molecule has 2 aromatic carbocycles. The van der Waals surface area contributed by atoms with E-state index in [0.717, 1.165) is 17.7 Å². The minimum absolute atomic E-state index is 0.165. The molecule has 8 nitrogen and oxygen atoms in total. The zero-order valence-corrected chi connectivity index (χ0v) is 18.5. The SMILES string of the molecule is CC(C)(C)NC(=O)Oc1nnc(CNC2CC2c2ccc(OCc3ccccc3)cc2)o1. The monoisotopic (exact) mass is 436 g/mol. The van der Waals surface area contributed by atoms with Crippen molar-refractivity contribution in [3.63, 3.8) is 0 Å². The number of carbonyl (C=O) groups is 1. The summed E-state index contributed by atoms with van der Waals surface area (Å²) in [5.41, 5.74) is 2.00. The van der Waals surface area contributed by atoms with Gasteiger partial charge in [-0.1, -0.05) is 47.6 Å².